The number of rotatable bonds is 2. The number of carbonyl (C=O) groups is 1. The van der Waals surface area contributed by atoms with Crippen molar-refractivity contribution in [1.82, 2.24) is 0 Å². The van der Waals surface area contributed by atoms with E-state index in [1.807, 2.05) is 55.5 Å². The van der Waals surface area contributed by atoms with Crippen molar-refractivity contribution in [2.24, 2.45) is 0 Å². The second-order valence-electron chi connectivity index (χ2n) is 3.91. The fourth-order valence-corrected chi connectivity index (χ4v) is 1.81. The summed E-state index contributed by atoms with van der Waals surface area (Å²) in [5, 5.41) is 0. The molecular weight excluding hydrogens is 212 g/mol. The average Bonchev–Trinajstić information content (AvgIpc) is 2.38. The molecule has 0 aromatic heterocycles. The Morgan fingerprint density at radius 1 is 1.06 bits per heavy atom. The Kier molecular flexibility index (Phi) is 3.24. The molecule has 2 rings (SSSR count). The molecule has 0 saturated heterocycles. The highest BCUT2D eigenvalue weighted by Gasteiger charge is 2.12. The van der Waals surface area contributed by atoms with Gasteiger partial charge in [0.1, 0.15) is 0 Å². The van der Waals surface area contributed by atoms with Crippen LogP contribution in [0, 0.1) is 6.92 Å². The van der Waals surface area contributed by atoms with E-state index in [9.17, 15) is 4.79 Å². The fraction of sp³-hybridized carbons (Fsp3) is 0.133. The van der Waals surface area contributed by atoms with Crippen LogP contribution in [0.5, 0.6) is 0 Å². The zero-order valence-corrected chi connectivity index (χ0v) is 9.94. The third kappa shape index (κ3) is 2.36. The van der Waals surface area contributed by atoms with Gasteiger partial charge in [0.2, 0.25) is 0 Å². The lowest BCUT2D eigenvalue weighted by molar-refractivity contribution is 0.0601. The molecule has 0 spiro atoms. The van der Waals surface area contributed by atoms with Gasteiger partial charge >= 0.3 is 5.97 Å². The smallest absolute Gasteiger partial charge is 0.338 e. The molecule has 0 saturated carbocycles. The molecule has 0 atom stereocenters. The average molecular weight is 226 g/mol. The van der Waals surface area contributed by atoms with Gasteiger partial charge in [0.05, 0.1) is 12.7 Å². The zero-order chi connectivity index (χ0) is 12.3. The van der Waals surface area contributed by atoms with Crippen molar-refractivity contribution in [1.29, 1.82) is 0 Å². The van der Waals surface area contributed by atoms with Crippen LogP contribution in [0.4, 0.5) is 0 Å². The first-order chi connectivity index (χ1) is 8.22. The summed E-state index contributed by atoms with van der Waals surface area (Å²) in [7, 11) is 1.40. The topological polar surface area (TPSA) is 26.3 Å². The molecule has 0 aliphatic rings. The second kappa shape index (κ2) is 4.83. The van der Waals surface area contributed by atoms with E-state index in [4.69, 9.17) is 4.74 Å². The van der Waals surface area contributed by atoms with Crippen molar-refractivity contribution in [3.8, 4) is 11.1 Å². The van der Waals surface area contributed by atoms with Crippen molar-refractivity contribution >= 4 is 5.97 Å². The summed E-state index contributed by atoms with van der Waals surface area (Å²) in [4.78, 5) is 11.7. The number of methoxy groups -OCH3 is 1. The number of esters is 1. The Balaban J connectivity index is 2.58. The van der Waals surface area contributed by atoms with Gasteiger partial charge in [0.25, 0.3) is 0 Å². The van der Waals surface area contributed by atoms with Crippen LogP contribution in [0.3, 0.4) is 0 Å². The van der Waals surface area contributed by atoms with Crippen LogP contribution in [-0.2, 0) is 4.74 Å². The van der Waals surface area contributed by atoms with Crippen LogP contribution >= 0.6 is 0 Å². The van der Waals surface area contributed by atoms with Crippen LogP contribution in [0.15, 0.2) is 48.5 Å². The minimum absolute atomic E-state index is 0.299. The molecule has 0 N–H and O–H groups in total. The van der Waals surface area contributed by atoms with E-state index in [2.05, 4.69) is 0 Å². The molecule has 0 heterocycles. The summed E-state index contributed by atoms with van der Waals surface area (Å²) in [5.41, 5.74) is 3.58. The molecule has 0 bridgehead atoms. The molecule has 0 aliphatic heterocycles. The minimum Gasteiger partial charge on any atom is -0.465 e. The first kappa shape index (κ1) is 11.4. The van der Waals surface area contributed by atoms with E-state index in [1.54, 1.807) is 0 Å². The van der Waals surface area contributed by atoms with Gasteiger partial charge < -0.3 is 4.74 Å². The number of hydrogen-bond acceptors (Lipinski definition) is 2. The quantitative estimate of drug-likeness (QED) is 0.733. The van der Waals surface area contributed by atoms with Crippen molar-refractivity contribution in [3.63, 3.8) is 0 Å². The summed E-state index contributed by atoms with van der Waals surface area (Å²) in [6, 6.07) is 15.6. The minimum atomic E-state index is -0.299. The van der Waals surface area contributed by atoms with Gasteiger partial charge in [-0.2, -0.15) is 0 Å². The fourth-order valence-electron chi connectivity index (χ4n) is 1.81. The highest BCUT2D eigenvalue weighted by atomic mass is 16.5. The monoisotopic (exact) mass is 226 g/mol. The maximum atomic E-state index is 11.7. The van der Waals surface area contributed by atoms with Gasteiger partial charge in [-0.05, 0) is 24.1 Å². The number of ether oxygens (including phenoxy) is 1. The van der Waals surface area contributed by atoms with E-state index in [-0.39, 0.29) is 5.97 Å². The highest BCUT2D eigenvalue weighted by Crippen LogP contribution is 2.25. The van der Waals surface area contributed by atoms with Crippen molar-refractivity contribution < 1.29 is 9.53 Å². The number of hydrogen-bond donors (Lipinski definition) is 0. The highest BCUT2D eigenvalue weighted by molar-refractivity contribution is 5.97. The maximum absolute atomic E-state index is 11.7. The molecule has 0 aliphatic carbocycles. The molecule has 0 unspecified atom stereocenters. The van der Waals surface area contributed by atoms with E-state index in [0.717, 1.165) is 16.7 Å². The second-order valence-corrected chi connectivity index (χ2v) is 3.91. The first-order valence-corrected chi connectivity index (χ1v) is 5.47. The van der Waals surface area contributed by atoms with Gasteiger partial charge in [-0.15, -0.1) is 0 Å². The lowest BCUT2D eigenvalue weighted by Gasteiger charge is -2.09. The van der Waals surface area contributed by atoms with E-state index >= 15 is 0 Å². The largest absolute Gasteiger partial charge is 0.465 e. The molecule has 2 aromatic rings. The van der Waals surface area contributed by atoms with Gasteiger partial charge in [-0.25, -0.2) is 4.79 Å². The maximum Gasteiger partial charge on any atom is 0.338 e. The summed E-state index contributed by atoms with van der Waals surface area (Å²) >= 11 is 0. The predicted molar refractivity (Wildman–Crippen MR) is 68.0 cm³/mol. The Morgan fingerprint density at radius 3 is 2.41 bits per heavy atom. The summed E-state index contributed by atoms with van der Waals surface area (Å²) < 4.78 is 4.81. The van der Waals surface area contributed by atoms with Crippen molar-refractivity contribution in [3.05, 3.63) is 59.7 Å². The first-order valence-electron chi connectivity index (χ1n) is 5.47. The molecule has 2 nitrogen and oxygen atoms in total. The Morgan fingerprint density at radius 2 is 1.76 bits per heavy atom. The Bertz CT molecular complexity index is 530. The summed E-state index contributed by atoms with van der Waals surface area (Å²) in [6.07, 6.45) is 0. The number of carbonyl (C=O) groups excluding carboxylic acids is 1. The lowest BCUT2D eigenvalue weighted by atomic mass is 9.98. The zero-order valence-electron chi connectivity index (χ0n) is 9.94. The Labute approximate surface area is 101 Å². The number of benzene rings is 2. The van der Waals surface area contributed by atoms with Crippen LogP contribution < -0.4 is 0 Å². The molecular formula is C15H14O2. The van der Waals surface area contributed by atoms with Gasteiger partial charge in [-0.1, -0.05) is 48.0 Å². The SMILES string of the molecule is COC(=O)c1cc(C)ccc1-c1ccccc1. The lowest BCUT2D eigenvalue weighted by Crippen LogP contribution is -2.04. The summed E-state index contributed by atoms with van der Waals surface area (Å²) in [5.74, 6) is -0.299. The molecule has 2 aromatic carbocycles. The van der Waals surface area contributed by atoms with Gasteiger partial charge in [0.15, 0.2) is 0 Å². The Hall–Kier alpha value is -2.09. The molecule has 17 heavy (non-hydrogen) atoms. The summed E-state index contributed by atoms with van der Waals surface area (Å²) in [6.45, 7) is 1.96. The van der Waals surface area contributed by atoms with Crippen LogP contribution in [0.25, 0.3) is 11.1 Å². The van der Waals surface area contributed by atoms with Gasteiger partial charge in [-0.3, -0.25) is 0 Å². The van der Waals surface area contributed by atoms with E-state index < -0.39 is 0 Å². The molecule has 2 heteroatoms. The molecule has 0 amide bonds. The third-order valence-electron chi connectivity index (χ3n) is 2.67. The molecule has 0 fully saturated rings. The van der Waals surface area contributed by atoms with E-state index in [1.165, 1.54) is 7.11 Å². The molecule has 0 radical (unpaired) electrons. The van der Waals surface area contributed by atoms with Crippen LogP contribution in [-0.4, -0.2) is 13.1 Å². The van der Waals surface area contributed by atoms with Crippen LogP contribution in [0.1, 0.15) is 15.9 Å². The standard InChI is InChI=1S/C15H14O2/c1-11-8-9-13(12-6-4-3-5-7-12)14(10-11)15(16)17-2/h3-10H,1-2H3. The predicted octanol–water partition coefficient (Wildman–Crippen LogP) is 3.45. The van der Waals surface area contributed by atoms with Crippen LogP contribution in [0.2, 0.25) is 0 Å². The molecule has 86 valence electrons. The van der Waals surface area contributed by atoms with Gasteiger partial charge in [0, 0.05) is 0 Å². The third-order valence-corrected chi connectivity index (χ3v) is 2.67. The number of aryl methyl sites for hydroxylation is 1. The van der Waals surface area contributed by atoms with Crippen molar-refractivity contribution in [2.75, 3.05) is 7.11 Å². The normalized spacial score (nSPS) is 10.0. The van der Waals surface area contributed by atoms with E-state index in [0.29, 0.717) is 5.56 Å². The van der Waals surface area contributed by atoms with Crippen molar-refractivity contribution in [2.45, 2.75) is 6.92 Å².